The highest BCUT2D eigenvalue weighted by atomic mass is 31.2. The van der Waals surface area contributed by atoms with Crippen LogP contribution < -0.4 is 5.30 Å². The Bertz CT molecular complexity index is 586. The zero-order chi connectivity index (χ0) is 14.4. The standard InChI is InChI=1S/C18H25OP/c1-3-5-14-20(19,15-6-4-2)18-13-9-11-16-10-7-8-12-17(16)18/h7-13H,3-6,14-15H2,1-2H3. The maximum absolute atomic E-state index is 13.5. The molecule has 2 heteroatoms. The fourth-order valence-electron chi connectivity index (χ4n) is 2.74. The van der Waals surface area contributed by atoms with Crippen LogP contribution in [0.15, 0.2) is 42.5 Å². The van der Waals surface area contributed by atoms with E-state index in [9.17, 15) is 4.57 Å². The van der Waals surface area contributed by atoms with Gasteiger partial charge in [-0.25, -0.2) is 0 Å². The molecule has 0 radical (unpaired) electrons. The average Bonchev–Trinajstić information content (AvgIpc) is 2.50. The predicted octanol–water partition coefficient (Wildman–Crippen LogP) is 5.43. The summed E-state index contributed by atoms with van der Waals surface area (Å²) in [6.07, 6.45) is 6.06. The van der Waals surface area contributed by atoms with E-state index in [1.165, 1.54) is 10.8 Å². The van der Waals surface area contributed by atoms with Gasteiger partial charge in [0, 0.05) is 17.6 Å². The minimum absolute atomic E-state index is 0.859. The van der Waals surface area contributed by atoms with Gasteiger partial charge in [-0.15, -0.1) is 0 Å². The van der Waals surface area contributed by atoms with Gasteiger partial charge in [0.15, 0.2) is 0 Å². The van der Waals surface area contributed by atoms with Crippen LogP contribution in [-0.4, -0.2) is 12.3 Å². The summed E-state index contributed by atoms with van der Waals surface area (Å²) in [5, 5.41) is 3.50. The molecule has 108 valence electrons. The highest BCUT2D eigenvalue weighted by Crippen LogP contribution is 2.47. The topological polar surface area (TPSA) is 17.1 Å². The largest absolute Gasteiger partial charge is 0.319 e. The van der Waals surface area contributed by atoms with Gasteiger partial charge < -0.3 is 4.57 Å². The van der Waals surface area contributed by atoms with E-state index in [1.807, 2.05) is 0 Å². The zero-order valence-corrected chi connectivity index (χ0v) is 13.5. The van der Waals surface area contributed by atoms with Gasteiger partial charge >= 0.3 is 0 Å². The number of fused-ring (bicyclic) bond motifs is 1. The molecule has 0 unspecified atom stereocenters. The predicted molar refractivity (Wildman–Crippen MR) is 90.7 cm³/mol. The highest BCUT2D eigenvalue weighted by molar-refractivity contribution is 7.72. The van der Waals surface area contributed by atoms with E-state index in [1.54, 1.807) is 0 Å². The van der Waals surface area contributed by atoms with E-state index >= 15 is 0 Å². The summed E-state index contributed by atoms with van der Waals surface area (Å²) in [6, 6.07) is 14.6. The molecule has 2 aromatic rings. The van der Waals surface area contributed by atoms with Crippen molar-refractivity contribution in [1.29, 1.82) is 0 Å². The summed E-state index contributed by atoms with van der Waals surface area (Å²) < 4.78 is 13.5. The second kappa shape index (κ2) is 7.09. The normalized spacial score (nSPS) is 11.9. The van der Waals surface area contributed by atoms with Crippen molar-refractivity contribution in [2.75, 3.05) is 12.3 Å². The lowest BCUT2D eigenvalue weighted by atomic mass is 10.1. The van der Waals surface area contributed by atoms with Crippen LogP contribution >= 0.6 is 7.14 Å². The molecule has 0 saturated heterocycles. The Morgan fingerprint density at radius 2 is 1.45 bits per heavy atom. The van der Waals surface area contributed by atoms with E-state index in [0.717, 1.165) is 43.3 Å². The molecule has 0 saturated carbocycles. The molecule has 2 aromatic carbocycles. The van der Waals surface area contributed by atoms with Crippen LogP contribution in [0.5, 0.6) is 0 Å². The lowest BCUT2D eigenvalue weighted by Crippen LogP contribution is -2.12. The molecule has 0 N–H and O–H groups in total. The number of hydrogen-bond acceptors (Lipinski definition) is 1. The van der Waals surface area contributed by atoms with Gasteiger partial charge in [0.05, 0.1) is 0 Å². The maximum Gasteiger partial charge on any atom is 0.116 e. The Morgan fingerprint density at radius 3 is 2.10 bits per heavy atom. The van der Waals surface area contributed by atoms with Crippen molar-refractivity contribution in [3.63, 3.8) is 0 Å². The second-order valence-electron chi connectivity index (χ2n) is 5.54. The minimum Gasteiger partial charge on any atom is -0.319 e. The summed E-state index contributed by atoms with van der Waals surface area (Å²) in [5.41, 5.74) is 0. The Morgan fingerprint density at radius 1 is 0.850 bits per heavy atom. The molecule has 0 heterocycles. The van der Waals surface area contributed by atoms with Crippen LogP contribution in [0.25, 0.3) is 10.8 Å². The van der Waals surface area contributed by atoms with Crippen LogP contribution in [0.3, 0.4) is 0 Å². The van der Waals surface area contributed by atoms with Gasteiger partial charge in [-0.1, -0.05) is 69.2 Å². The molecule has 0 spiro atoms. The first-order valence-corrected chi connectivity index (χ1v) is 9.85. The quantitative estimate of drug-likeness (QED) is 0.621. The molecule has 2 rings (SSSR count). The molecule has 0 atom stereocenters. The number of rotatable bonds is 7. The van der Waals surface area contributed by atoms with Crippen molar-refractivity contribution in [2.24, 2.45) is 0 Å². The van der Waals surface area contributed by atoms with Crippen LogP contribution in [-0.2, 0) is 4.57 Å². The Kier molecular flexibility index (Phi) is 5.43. The fraction of sp³-hybridized carbons (Fsp3) is 0.444. The van der Waals surface area contributed by atoms with Gasteiger partial charge in [0.2, 0.25) is 0 Å². The number of hydrogen-bond donors (Lipinski definition) is 0. The van der Waals surface area contributed by atoms with Gasteiger partial charge in [-0.2, -0.15) is 0 Å². The third kappa shape index (κ3) is 3.33. The number of benzene rings is 2. The van der Waals surface area contributed by atoms with Crippen molar-refractivity contribution in [2.45, 2.75) is 39.5 Å². The van der Waals surface area contributed by atoms with Crippen LogP contribution in [0.2, 0.25) is 0 Å². The fourth-order valence-corrected chi connectivity index (χ4v) is 6.10. The Balaban J connectivity index is 2.47. The SMILES string of the molecule is CCCCP(=O)(CCCC)c1cccc2ccccc12. The van der Waals surface area contributed by atoms with Crippen LogP contribution in [0.4, 0.5) is 0 Å². The van der Waals surface area contributed by atoms with Crippen LogP contribution in [0, 0.1) is 0 Å². The van der Waals surface area contributed by atoms with Gasteiger partial charge in [0.1, 0.15) is 7.14 Å². The Hall–Kier alpha value is -1.07. The molecule has 0 aliphatic rings. The average molecular weight is 288 g/mol. The molecule has 0 aliphatic carbocycles. The maximum atomic E-state index is 13.5. The lowest BCUT2D eigenvalue weighted by Gasteiger charge is -2.20. The molecule has 0 aromatic heterocycles. The summed E-state index contributed by atoms with van der Waals surface area (Å²) in [5.74, 6) is 0. The van der Waals surface area contributed by atoms with Gasteiger partial charge in [-0.3, -0.25) is 0 Å². The van der Waals surface area contributed by atoms with Crippen molar-refractivity contribution < 1.29 is 4.57 Å². The Labute approximate surface area is 122 Å². The highest BCUT2D eigenvalue weighted by Gasteiger charge is 2.25. The van der Waals surface area contributed by atoms with Gasteiger partial charge in [0.25, 0.3) is 0 Å². The molecule has 0 bridgehead atoms. The van der Waals surface area contributed by atoms with Crippen molar-refractivity contribution in [1.82, 2.24) is 0 Å². The summed E-state index contributed by atoms with van der Waals surface area (Å²) in [4.78, 5) is 0. The molecule has 0 fully saturated rings. The molecule has 0 amide bonds. The van der Waals surface area contributed by atoms with Crippen molar-refractivity contribution in [3.8, 4) is 0 Å². The zero-order valence-electron chi connectivity index (χ0n) is 12.6. The van der Waals surface area contributed by atoms with Crippen molar-refractivity contribution in [3.05, 3.63) is 42.5 Å². The lowest BCUT2D eigenvalue weighted by molar-refractivity contribution is 0.577. The molecule has 20 heavy (non-hydrogen) atoms. The molecular formula is C18H25OP. The van der Waals surface area contributed by atoms with Crippen LogP contribution in [0.1, 0.15) is 39.5 Å². The number of unbranched alkanes of at least 4 members (excludes halogenated alkanes) is 2. The third-order valence-electron chi connectivity index (χ3n) is 3.95. The summed E-state index contributed by atoms with van der Waals surface area (Å²) in [7, 11) is -2.25. The molecule has 1 nitrogen and oxygen atoms in total. The first-order valence-electron chi connectivity index (χ1n) is 7.77. The van der Waals surface area contributed by atoms with E-state index in [-0.39, 0.29) is 0 Å². The first kappa shape index (κ1) is 15.3. The van der Waals surface area contributed by atoms with E-state index in [0.29, 0.717) is 0 Å². The smallest absolute Gasteiger partial charge is 0.116 e. The van der Waals surface area contributed by atoms with E-state index in [2.05, 4.69) is 56.3 Å². The molecular weight excluding hydrogens is 263 g/mol. The van der Waals surface area contributed by atoms with E-state index < -0.39 is 7.14 Å². The summed E-state index contributed by atoms with van der Waals surface area (Å²) >= 11 is 0. The van der Waals surface area contributed by atoms with Crippen molar-refractivity contribution >= 4 is 23.2 Å². The second-order valence-corrected chi connectivity index (χ2v) is 8.70. The van der Waals surface area contributed by atoms with E-state index in [4.69, 9.17) is 0 Å². The summed E-state index contributed by atoms with van der Waals surface area (Å²) in [6.45, 7) is 4.35. The minimum atomic E-state index is -2.25. The first-order chi connectivity index (χ1) is 9.71. The third-order valence-corrected chi connectivity index (χ3v) is 7.30. The molecule has 0 aliphatic heterocycles. The van der Waals surface area contributed by atoms with Gasteiger partial charge in [-0.05, 0) is 23.6 Å². The monoisotopic (exact) mass is 288 g/mol.